The van der Waals surface area contributed by atoms with Crippen LogP contribution in [0.4, 0.5) is 5.95 Å². The molecule has 0 spiro atoms. The molecule has 0 bridgehead atoms. The number of hydrogen-bond donors (Lipinski definition) is 1. The number of carbonyl (C=O) groups excluding carboxylic acids is 1. The summed E-state index contributed by atoms with van der Waals surface area (Å²) < 4.78 is 5.55. The average molecular weight is 343 g/mol. The van der Waals surface area contributed by atoms with E-state index in [4.69, 9.17) is 4.74 Å². The number of piperidine rings is 1. The number of rotatable bonds is 6. The van der Waals surface area contributed by atoms with Gasteiger partial charge in [0, 0.05) is 33.1 Å². The van der Waals surface area contributed by atoms with Crippen LogP contribution < -0.4 is 4.90 Å². The number of H-pyrrole nitrogens is 1. The number of carbonyl (C=O) groups is 1. The highest BCUT2D eigenvalue weighted by molar-refractivity contribution is 5.77. The minimum Gasteiger partial charge on any atom is -0.367 e. The molecule has 0 aliphatic carbocycles. The number of nitrogens with one attached hydrogen (secondary N) is 1. The Kier molecular flexibility index (Phi) is 5.65. The van der Waals surface area contributed by atoms with Crippen LogP contribution in [0.15, 0.2) is 30.3 Å². The van der Waals surface area contributed by atoms with Gasteiger partial charge in [-0.15, -0.1) is 5.10 Å². The van der Waals surface area contributed by atoms with Gasteiger partial charge >= 0.3 is 0 Å². The Labute approximate surface area is 148 Å². The average Bonchev–Trinajstić information content (AvgIpc) is 3.13. The highest BCUT2D eigenvalue weighted by atomic mass is 16.5. The second-order valence-electron chi connectivity index (χ2n) is 6.55. The van der Waals surface area contributed by atoms with Gasteiger partial charge in [-0.05, 0) is 18.4 Å². The fourth-order valence-corrected chi connectivity index (χ4v) is 2.97. The van der Waals surface area contributed by atoms with Crippen LogP contribution in [0.3, 0.4) is 0 Å². The molecule has 1 amide bonds. The molecule has 0 saturated carbocycles. The van der Waals surface area contributed by atoms with E-state index >= 15 is 0 Å². The van der Waals surface area contributed by atoms with E-state index in [2.05, 4.69) is 15.2 Å². The van der Waals surface area contributed by atoms with E-state index in [1.807, 2.05) is 54.2 Å². The zero-order valence-electron chi connectivity index (χ0n) is 14.8. The van der Waals surface area contributed by atoms with Gasteiger partial charge in [0.05, 0.1) is 6.61 Å². The summed E-state index contributed by atoms with van der Waals surface area (Å²) in [5, 5.41) is 7.23. The van der Waals surface area contributed by atoms with Crippen molar-refractivity contribution >= 4 is 11.9 Å². The van der Waals surface area contributed by atoms with E-state index < -0.39 is 0 Å². The quantitative estimate of drug-likeness (QED) is 0.866. The molecule has 25 heavy (non-hydrogen) atoms. The zero-order valence-corrected chi connectivity index (χ0v) is 14.8. The summed E-state index contributed by atoms with van der Waals surface area (Å²) in [6.45, 7) is 2.06. The Balaban J connectivity index is 1.42. The summed E-state index contributed by atoms with van der Waals surface area (Å²) >= 11 is 0. The molecule has 1 N–H and O–H groups in total. The van der Waals surface area contributed by atoms with E-state index in [1.54, 1.807) is 0 Å². The van der Waals surface area contributed by atoms with Crippen molar-refractivity contribution in [1.29, 1.82) is 0 Å². The SMILES string of the molecule is CN(C)c1n[nH]c(C2CCN(C(=O)COCc3ccccc3)CC2)n1. The molecule has 1 aliphatic rings. The highest BCUT2D eigenvalue weighted by Gasteiger charge is 2.26. The first-order valence-electron chi connectivity index (χ1n) is 8.62. The number of ether oxygens (including phenoxy) is 1. The molecule has 1 aromatic heterocycles. The first-order valence-corrected chi connectivity index (χ1v) is 8.62. The Morgan fingerprint density at radius 2 is 2.00 bits per heavy atom. The lowest BCUT2D eigenvalue weighted by Gasteiger charge is -2.31. The second-order valence-corrected chi connectivity index (χ2v) is 6.55. The van der Waals surface area contributed by atoms with Crippen molar-refractivity contribution in [3.63, 3.8) is 0 Å². The van der Waals surface area contributed by atoms with E-state index in [0.29, 0.717) is 18.5 Å². The predicted molar refractivity (Wildman–Crippen MR) is 95.4 cm³/mol. The van der Waals surface area contributed by atoms with Crippen molar-refractivity contribution < 1.29 is 9.53 Å². The van der Waals surface area contributed by atoms with Crippen LogP contribution in [0.5, 0.6) is 0 Å². The highest BCUT2D eigenvalue weighted by Crippen LogP contribution is 2.26. The molecule has 1 saturated heterocycles. The van der Waals surface area contributed by atoms with Gasteiger partial charge < -0.3 is 14.5 Å². The van der Waals surface area contributed by atoms with Gasteiger partial charge in [-0.25, -0.2) is 0 Å². The van der Waals surface area contributed by atoms with Gasteiger partial charge in [0.15, 0.2) is 0 Å². The van der Waals surface area contributed by atoms with E-state index in [1.165, 1.54) is 0 Å². The summed E-state index contributed by atoms with van der Waals surface area (Å²) in [5.74, 6) is 2.00. The number of amides is 1. The van der Waals surface area contributed by atoms with Gasteiger partial charge in [-0.1, -0.05) is 30.3 Å². The minimum atomic E-state index is 0.0564. The molecule has 1 aromatic carbocycles. The van der Waals surface area contributed by atoms with Crippen molar-refractivity contribution in [1.82, 2.24) is 20.1 Å². The van der Waals surface area contributed by atoms with Crippen LogP contribution in [-0.4, -0.2) is 59.8 Å². The predicted octanol–water partition coefficient (Wildman–Crippen LogP) is 1.79. The van der Waals surface area contributed by atoms with Crippen LogP contribution in [0.1, 0.15) is 30.1 Å². The van der Waals surface area contributed by atoms with Gasteiger partial charge in [0.2, 0.25) is 11.9 Å². The van der Waals surface area contributed by atoms with Gasteiger partial charge in [0.25, 0.3) is 0 Å². The number of likely N-dealkylation sites (tertiary alicyclic amines) is 1. The molecule has 0 radical (unpaired) electrons. The standard InChI is InChI=1S/C18H25N5O2/c1-22(2)18-19-17(20-21-18)15-8-10-23(11-9-15)16(24)13-25-12-14-6-4-3-5-7-14/h3-7,15H,8-13H2,1-2H3,(H,19,20,21). The summed E-state index contributed by atoms with van der Waals surface area (Å²) in [5.41, 5.74) is 1.08. The number of hydrogen-bond acceptors (Lipinski definition) is 5. The molecule has 1 aliphatic heterocycles. The van der Waals surface area contributed by atoms with Crippen LogP contribution >= 0.6 is 0 Å². The fourth-order valence-electron chi connectivity index (χ4n) is 2.97. The van der Waals surface area contributed by atoms with Crippen LogP contribution in [0.25, 0.3) is 0 Å². The van der Waals surface area contributed by atoms with Crippen LogP contribution in [0, 0.1) is 0 Å². The maximum atomic E-state index is 12.3. The molecule has 7 nitrogen and oxygen atoms in total. The summed E-state index contributed by atoms with van der Waals surface area (Å²) in [7, 11) is 3.84. The second kappa shape index (κ2) is 8.11. The Hall–Kier alpha value is -2.41. The van der Waals surface area contributed by atoms with Gasteiger partial charge in [-0.3, -0.25) is 9.89 Å². The molecule has 134 valence electrons. The summed E-state index contributed by atoms with van der Waals surface area (Å²) in [4.78, 5) is 20.6. The molecule has 7 heteroatoms. The third-order valence-corrected chi connectivity index (χ3v) is 4.46. The minimum absolute atomic E-state index is 0.0564. The maximum Gasteiger partial charge on any atom is 0.248 e. The van der Waals surface area contributed by atoms with E-state index in [0.717, 1.165) is 37.3 Å². The van der Waals surface area contributed by atoms with Crippen LogP contribution in [-0.2, 0) is 16.1 Å². The number of nitrogens with zero attached hydrogens (tertiary/aromatic N) is 4. The lowest BCUT2D eigenvalue weighted by atomic mass is 9.96. The fraction of sp³-hybridized carbons (Fsp3) is 0.500. The van der Waals surface area contributed by atoms with Crippen molar-refractivity contribution in [2.24, 2.45) is 0 Å². The van der Waals surface area contributed by atoms with Crippen LogP contribution in [0.2, 0.25) is 0 Å². The van der Waals surface area contributed by atoms with E-state index in [9.17, 15) is 4.79 Å². The van der Waals surface area contributed by atoms with E-state index in [-0.39, 0.29) is 12.5 Å². The lowest BCUT2D eigenvalue weighted by Crippen LogP contribution is -2.40. The number of anilines is 1. The smallest absolute Gasteiger partial charge is 0.248 e. The Morgan fingerprint density at radius 1 is 1.28 bits per heavy atom. The van der Waals surface area contributed by atoms with Crippen molar-refractivity contribution in [3.8, 4) is 0 Å². The molecular weight excluding hydrogens is 318 g/mol. The molecule has 1 fully saturated rings. The number of aromatic nitrogens is 3. The van der Waals surface area contributed by atoms with Gasteiger partial charge in [0.1, 0.15) is 12.4 Å². The molecule has 0 atom stereocenters. The topological polar surface area (TPSA) is 74.4 Å². The number of benzene rings is 1. The lowest BCUT2D eigenvalue weighted by molar-refractivity contribution is -0.137. The normalized spacial score (nSPS) is 15.4. The summed E-state index contributed by atoms with van der Waals surface area (Å²) in [6, 6.07) is 9.90. The molecule has 3 rings (SSSR count). The number of aromatic amines is 1. The van der Waals surface area contributed by atoms with Crippen molar-refractivity contribution in [2.45, 2.75) is 25.4 Å². The monoisotopic (exact) mass is 343 g/mol. The largest absolute Gasteiger partial charge is 0.367 e. The molecule has 2 heterocycles. The van der Waals surface area contributed by atoms with Crippen molar-refractivity contribution in [2.75, 3.05) is 38.7 Å². The molecule has 0 unspecified atom stereocenters. The zero-order chi connectivity index (χ0) is 17.6. The Bertz CT molecular complexity index is 678. The Morgan fingerprint density at radius 3 is 2.64 bits per heavy atom. The van der Waals surface area contributed by atoms with Crippen molar-refractivity contribution in [3.05, 3.63) is 41.7 Å². The molecular formula is C18H25N5O2. The third kappa shape index (κ3) is 4.57. The summed E-state index contributed by atoms with van der Waals surface area (Å²) in [6.07, 6.45) is 1.79. The first kappa shape index (κ1) is 17.4. The first-order chi connectivity index (χ1) is 12.1. The van der Waals surface area contributed by atoms with Gasteiger partial charge in [-0.2, -0.15) is 4.98 Å². The third-order valence-electron chi connectivity index (χ3n) is 4.46. The maximum absolute atomic E-state index is 12.3. The molecule has 2 aromatic rings.